The molecule has 1 spiro atoms. The first kappa shape index (κ1) is 87.3. The predicted molar refractivity (Wildman–Crippen MR) is 392 cm³/mol. The highest BCUT2D eigenvalue weighted by molar-refractivity contribution is 6.21. The van der Waals surface area contributed by atoms with Crippen LogP contribution in [0.4, 0.5) is 13.2 Å². The van der Waals surface area contributed by atoms with Gasteiger partial charge in [-0.05, 0) is 112 Å². The number of ether oxygens (including phenoxy) is 1. The second-order valence-electron chi connectivity index (χ2n) is 32.9. The first-order valence-electron chi connectivity index (χ1n) is 38.2. The van der Waals surface area contributed by atoms with Gasteiger partial charge in [0.1, 0.15) is 53.9 Å². The number of fused-ring (bicyclic) bond motifs is 3. The van der Waals surface area contributed by atoms with Crippen molar-refractivity contribution < 1.29 is 75.4 Å². The van der Waals surface area contributed by atoms with Crippen LogP contribution < -0.4 is 16.0 Å². The largest absolute Gasteiger partial charge is 0.393 e. The van der Waals surface area contributed by atoms with Gasteiger partial charge in [0.05, 0.1) is 31.5 Å². The Morgan fingerprint density at radius 1 is 0.686 bits per heavy atom. The van der Waals surface area contributed by atoms with Gasteiger partial charge in [-0.2, -0.15) is 13.2 Å². The molecule has 3 saturated carbocycles. The number of rotatable bonds is 14. The molecule has 3 aliphatic heterocycles. The van der Waals surface area contributed by atoms with Crippen molar-refractivity contribution in [2.24, 2.45) is 46.8 Å². The molecule has 3 aliphatic carbocycles. The van der Waals surface area contributed by atoms with E-state index in [4.69, 9.17) is 16.3 Å². The highest BCUT2D eigenvalue weighted by Gasteiger charge is 2.59. The van der Waals surface area contributed by atoms with Gasteiger partial charge < -0.3 is 64.8 Å². The molecule has 2 bridgehead atoms. The quantitative estimate of drug-likeness (QED) is 0.122. The zero-order valence-corrected chi connectivity index (χ0v) is 66.5. The van der Waals surface area contributed by atoms with Gasteiger partial charge in [-0.25, -0.2) is 0 Å². The van der Waals surface area contributed by atoms with E-state index >= 15 is 28.8 Å². The van der Waals surface area contributed by atoms with Gasteiger partial charge in [0, 0.05) is 88.4 Å². The summed E-state index contributed by atoms with van der Waals surface area (Å²) in [6.07, 6.45) is 2.88. The molecule has 3 N–H and O–H groups in total. The summed E-state index contributed by atoms with van der Waals surface area (Å²) in [7, 11) is 12.9. The number of halogens is 4. The standard InChI is InChI=1S/C76H124ClF3N12O13/c1-19-47(7)63-71(102)86(13)42-62(95)87(14)55-25-23-22-24-34-91(70(55)101)59(37-49-28-26-46(6)27-29-49)69(100)85(12)41-60(93)81-54(33-31-48-30-32-52(53(77)36-48)76(78,79)80)67(98)92-40-51(105-18)38-57(92)66(97)83-75(43-74(8,9)44-75)73(104)90(17)64(50(20-2)21-3)72(103)89(16)58(68(99)84(10)11)39-61(94)88(15)56(35-45(4)5)65(96)82-63/h22-23,45-59,63-64H,19-21,24-44H2,1-18H3,(H,81,93)(H,82,96)(H,83,97)/b23-22-/t46?,47-,48?,49?,51+,52?,53?,54-,55-,56-,57-,58-,59-,63-,64-/m0/s1. The van der Waals surface area contributed by atoms with E-state index in [1.54, 1.807) is 13.0 Å². The Kier molecular flexibility index (Phi) is 31.2. The molecule has 0 radical (unpaired) electrons. The summed E-state index contributed by atoms with van der Waals surface area (Å²) in [6, 6.07) is -10.3. The molecular formula is C76H124ClF3N12O13. The lowest BCUT2D eigenvalue weighted by atomic mass is 9.58. The van der Waals surface area contributed by atoms with E-state index in [1.807, 2.05) is 54.5 Å². The zero-order chi connectivity index (χ0) is 78.7. The maximum absolute atomic E-state index is 15.8. The van der Waals surface area contributed by atoms with Crippen molar-refractivity contribution in [1.82, 2.24) is 60.0 Å². The maximum atomic E-state index is 15.8. The SMILES string of the molecule is CCC(CC)[C@H]1C(=O)N(C)[C@H](C(=O)N(C)C)CC(=O)N(C)[C@@H](CC(C)C)C(=O)N[C@@H]([C@@H](C)CC)C(=O)N(C)CC(=O)N(C)[C@H]2C/C=C\CCN(C2=O)[C@@H](CC2CCC(C)CC2)C(=O)N(C)CC(=O)N[C@@H](CCC2CCC(C(F)(F)F)C(Cl)C2)C(=O)N2C[C@H](OC)C[C@H]2C(=O)NC2(CC(C)(C)C2)C(=O)N1C. The van der Waals surface area contributed by atoms with Crippen molar-refractivity contribution in [1.29, 1.82) is 0 Å². The Bertz CT molecular complexity index is 3120. The molecule has 25 nitrogen and oxygen atoms in total. The van der Waals surface area contributed by atoms with Crippen molar-refractivity contribution in [3.63, 3.8) is 0 Å². The van der Waals surface area contributed by atoms with Crippen molar-refractivity contribution >= 4 is 82.5 Å². The van der Waals surface area contributed by atoms with Crippen LogP contribution in [0.3, 0.4) is 0 Å². The number of nitrogens with zero attached hydrogens (tertiary/aromatic N) is 9. The topological polar surface area (TPSA) is 279 Å². The summed E-state index contributed by atoms with van der Waals surface area (Å²) >= 11 is 6.45. The fourth-order valence-corrected chi connectivity index (χ4v) is 17.5. The highest BCUT2D eigenvalue weighted by atomic mass is 35.5. The van der Waals surface area contributed by atoms with Gasteiger partial charge in [0.25, 0.3) is 0 Å². The van der Waals surface area contributed by atoms with Crippen LogP contribution in [0.1, 0.15) is 191 Å². The molecule has 13 atom stereocenters. The Hall–Kier alpha value is -6.58. The van der Waals surface area contributed by atoms with Gasteiger partial charge in [-0.15, -0.1) is 11.6 Å². The number of alkyl halides is 4. The normalized spacial score (nSPS) is 31.3. The molecule has 12 amide bonds. The maximum Gasteiger partial charge on any atom is 0.393 e. The van der Waals surface area contributed by atoms with Crippen molar-refractivity contribution in [2.45, 2.75) is 262 Å². The third-order valence-electron chi connectivity index (χ3n) is 23.7. The summed E-state index contributed by atoms with van der Waals surface area (Å²) < 4.78 is 48.2. The first-order valence-corrected chi connectivity index (χ1v) is 38.7. The lowest BCUT2D eigenvalue weighted by Gasteiger charge is -2.54. The van der Waals surface area contributed by atoms with Crippen LogP contribution in [0.25, 0.3) is 0 Å². The highest BCUT2D eigenvalue weighted by Crippen LogP contribution is 2.50. The van der Waals surface area contributed by atoms with Gasteiger partial charge in [-0.3, -0.25) is 57.5 Å². The van der Waals surface area contributed by atoms with E-state index in [-0.39, 0.29) is 95.6 Å². The Labute approximate surface area is 626 Å². The number of carbonyl (C=O) groups excluding carboxylic acids is 12. The second-order valence-corrected chi connectivity index (χ2v) is 33.5. The third-order valence-corrected chi connectivity index (χ3v) is 24.2. The minimum Gasteiger partial charge on any atom is -0.380 e. The molecule has 3 heterocycles. The molecule has 5 fully saturated rings. The first-order chi connectivity index (χ1) is 49.1. The molecule has 3 unspecified atom stereocenters. The zero-order valence-electron chi connectivity index (χ0n) is 65.8. The molecule has 29 heteroatoms. The number of carbonyl (C=O) groups is 12. The average Bonchev–Trinajstić information content (AvgIpc) is 1.08. The van der Waals surface area contributed by atoms with Crippen LogP contribution in [0.5, 0.6) is 0 Å². The fraction of sp³-hybridized carbons (Fsp3) is 0.816. The Balaban J connectivity index is 1.49. The number of methoxy groups -OCH3 is 1. The molecule has 6 aliphatic rings. The summed E-state index contributed by atoms with van der Waals surface area (Å²) in [5.74, 6) is -11.0. The van der Waals surface area contributed by atoms with E-state index < -0.39 is 191 Å². The number of hydrogen-bond donors (Lipinski definition) is 3. The van der Waals surface area contributed by atoms with E-state index in [0.717, 1.165) is 30.6 Å². The Morgan fingerprint density at radius 3 is 1.87 bits per heavy atom. The molecule has 2 saturated heterocycles. The van der Waals surface area contributed by atoms with Crippen LogP contribution in [0, 0.1) is 46.8 Å². The third kappa shape index (κ3) is 21.6. The summed E-state index contributed by atoms with van der Waals surface area (Å²) in [6.45, 7) is 15.7. The molecule has 0 aromatic heterocycles. The van der Waals surface area contributed by atoms with Gasteiger partial charge in [-0.1, -0.05) is 119 Å². The average molecular weight is 1510 g/mol. The number of nitrogens with one attached hydrogen (secondary N) is 3. The van der Waals surface area contributed by atoms with Gasteiger partial charge in [0.15, 0.2) is 0 Å². The summed E-state index contributed by atoms with van der Waals surface area (Å²) in [5, 5.41) is 7.57. The van der Waals surface area contributed by atoms with Crippen LogP contribution in [0.15, 0.2) is 12.2 Å². The van der Waals surface area contributed by atoms with Crippen LogP contribution in [-0.4, -0.2) is 276 Å². The monoisotopic (exact) mass is 1500 g/mol. The number of hydrogen-bond acceptors (Lipinski definition) is 13. The van der Waals surface area contributed by atoms with Crippen LogP contribution in [0.2, 0.25) is 0 Å². The van der Waals surface area contributed by atoms with E-state index in [2.05, 4.69) is 22.9 Å². The fourth-order valence-electron chi connectivity index (χ4n) is 17.0. The molecule has 0 aromatic rings. The molecule has 594 valence electrons. The molecule has 0 aromatic carbocycles. The van der Waals surface area contributed by atoms with Crippen LogP contribution >= 0.6 is 11.6 Å². The predicted octanol–water partition coefficient (Wildman–Crippen LogP) is 6.62. The molecule has 6 rings (SSSR count). The van der Waals surface area contributed by atoms with Crippen molar-refractivity contribution in [3.05, 3.63) is 12.2 Å². The summed E-state index contributed by atoms with van der Waals surface area (Å²) in [4.78, 5) is 193. The van der Waals surface area contributed by atoms with Crippen molar-refractivity contribution in [2.75, 3.05) is 89.7 Å². The van der Waals surface area contributed by atoms with E-state index in [9.17, 15) is 41.9 Å². The van der Waals surface area contributed by atoms with Gasteiger partial charge in [0.2, 0.25) is 70.9 Å². The summed E-state index contributed by atoms with van der Waals surface area (Å²) in [5.41, 5.74) is -2.20. The lowest BCUT2D eigenvalue weighted by Crippen LogP contribution is -2.71. The van der Waals surface area contributed by atoms with Gasteiger partial charge >= 0.3 is 6.18 Å². The number of likely N-dealkylation sites (N-methyl/N-ethyl adjacent to an activating group) is 7. The van der Waals surface area contributed by atoms with Crippen molar-refractivity contribution in [3.8, 4) is 0 Å². The molecule has 105 heavy (non-hydrogen) atoms. The minimum absolute atomic E-state index is 0.00863. The number of amides is 12. The van der Waals surface area contributed by atoms with E-state index in [0.29, 0.717) is 31.6 Å². The molecular weight excluding hydrogens is 1380 g/mol. The second kappa shape index (κ2) is 37.5. The Morgan fingerprint density at radius 2 is 1.30 bits per heavy atom. The van der Waals surface area contributed by atoms with E-state index in [1.165, 1.54) is 103 Å². The lowest BCUT2D eigenvalue weighted by molar-refractivity contribution is -0.182. The van der Waals surface area contributed by atoms with Crippen LogP contribution in [-0.2, 0) is 62.3 Å². The smallest absolute Gasteiger partial charge is 0.380 e. The minimum atomic E-state index is -4.53.